The van der Waals surface area contributed by atoms with Crippen LogP contribution in [0.4, 0.5) is 11.4 Å². The molecule has 0 bridgehead atoms. The highest BCUT2D eigenvalue weighted by Crippen LogP contribution is 2.31. The summed E-state index contributed by atoms with van der Waals surface area (Å²) in [6, 6.07) is 7.02. The van der Waals surface area contributed by atoms with Crippen LogP contribution < -0.4 is 10.6 Å². The molecule has 4 nitrogen and oxygen atoms in total. The molecule has 0 spiro atoms. The highest BCUT2D eigenvalue weighted by molar-refractivity contribution is 6.43. The van der Waals surface area contributed by atoms with Crippen molar-refractivity contribution in [2.75, 3.05) is 11.9 Å². The van der Waals surface area contributed by atoms with Gasteiger partial charge in [0.05, 0.1) is 33.2 Å². The molecule has 2 rings (SSSR count). The molecular formula is C15H15Cl2N3O. The van der Waals surface area contributed by atoms with Crippen molar-refractivity contribution in [3.05, 3.63) is 52.3 Å². The van der Waals surface area contributed by atoms with Gasteiger partial charge in [0.1, 0.15) is 0 Å². The number of hydrogen-bond donors (Lipinski definition) is 2. The molecule has 0 aliphatic carbocycles. The van der Waals surface area contributed by atoms with Crippen LogP contribution in [-0.2, 0) is 0 Å². The van der Waals surface area contributed by atoms with Crippen molar-refractivity contribution in [3.8, 4) is 0 Å². The molecule has 1 aromatic carbocycles. The summed E-state index contributed by atoms with van der Waals surface area (Å²) in [7, 11) is 0. The van der Waals surface area contributed by atoms with Crippen molar-refractivity contribution in [2.45, 2.75) is 13.3 Å². The Morgan fingerprint density at radius 2 is 2.10 bits per heavy atom. The molecule has 0 aliphatic rings. The second kappa shape index (κ2) is 7.29. The molecular weight excluding hydrogens is 309 g/mol. The second-order valence-corrected chi connectivity index (χ2v) is 5.23. The van der Waals surface area contributed by atoms with Crippen LogP contribution in [0, 0.1) is 0 Å². The van der Waals surface area contributed by atoms with Gasteiger partial charge in [-0.1, -0.05) is 36.2 Å². The monoisotopic (exact) mass is 323 g/mol. The van der Waals surface area contributed by atoms with Gasteiger partial charge in [0, 0.05) is 12.7 Å². The molecule has 110 valence electrons. The van der Waals surface area contributed by atoms with Crippen molar-refractivity contribution >= 4 is 40.5 Å². The molecule has 0 radical (unpaired) electrons. The van der Waals surface area contributed by atoms with Crippen LogP contribution >= 0.6 is 23.2 Å². The lowest BCUT2D eigenvalue weighted by Gasteiger charge is -2.10. The normalized spacial score (nSPS) is 10.2. The maximum Gasteiger partial charge on any atom is 0.252 e. The SMILES string of the molecule is CCCNC(=O)c1cncc(Nc2cccc(Cl)c2Cl)c1. The van der Waals surface area contributed by atoms with Gasteiger partial charge in [-0.3, -0.25) is 9.78 Å². The van der Waals surface area contributed by atoms with Crippen molar-refractivity contribution in [1.29, 1.82) is 0 Å². The van der Waals surface area contributed by atoms with Gasteiger partial charge in [-0.2, -0.15) is 0 Å². The van der Waals surface area contributed by atoms with Crippen molar-refractivity contribution in [1.82, 2.24) is 10.3 Å². The fourth-order valence-corrected chi connectivity index (χ4v) is 2.08. The number of aromatic nitrogens is 1. The van der Waals surface area contributed by atoms with Gasteiger partial charge in [0.2, 0.25) is 0 Å². The Labute approximate surface area is 133 Å². The molecule has 0 fully saturated rings. The Bertz CT molecular complexity index is 647. The summed E-state index contributed by atoms with van der Waals surface area (Å²) in [6.07, 6.45) is 4.03. The molecule has 0 aliphatic heterocycles. The van der Waals surface area contributed by atoms with Gasteiger partial charge in [-0.15, -0.1) is 0 Å². The largest absolute Gasteiger partial charge is 0.353 e. The third-order valence-electron chi connectivity index (χ3n) is 2.77. The van der Waals surface area contributed by atoms with Gasteiger partial charge in [0.25, 0.3) is 5.91 Å². The lowest BCUT2D eigenvalue weighted by Crippen LogP contribution is -2.24. The van der Waals surface area contributed by atoms with Crippen LogP contribution in [0.25, 0.3) is 0 Å². The maximum absolute atomic E-state index is 11.9. The van der Waals surface area contributed by atoms with Gasteiger partial charge in [0.15, 0.2) is 0 Å². The summed E-state index contributed by atoms with van der Waals surface area (Å²) < 4.78 is 0. The molecule has 1 aromatic heterocycles. The molecule has 0 saturated carbocycles. The standard InChI is InChI=1S/C15H15Cl2N3O/c1-2-6-19-15(21)10-7-11(9-18-8-10)20-13-5-3-4-12(16)14(13)17/h3-5,7-9,20H,2,6H2,1H3,(H,19,21). The first-order valence-corrected chi connectivity index (χ1v) is 7.31. The van der Waals surface area contributed by atoms with Crippen LogP contribution in [0.3, 0.4) is 0 Å². The first-order valence-electron chi connectivity index (χ1n) is 6.56. The molecule has 1 heterocycles. The molecule has 2 aromatic rings. The Kier molecular flexibility index (Phi) is 5.42. The van der Waals surface area contributed by atoms with Crippen molar-refractivity contribution < 1.29 is 4.79 Å². The Morgan fingerprint density at radius 3 is 2.86 bits per heavy atom. The van der Waals surface area contributed by atoms with Crippen LogP contribution in [0.1, 0.15) is 23.7 Å². The van der Waals surface area contributed by atoms with Crippen LogP contribution in [0.15, 0.2) is 36.7 Å². The van der Waals surface area contributed by atoms with E-state index >= 15 is 0 Å². The van der Waals surface area contributed by atoms with E-state index in [-0.39, 0.29) is 5.91 Å². The maximum atomic E-state index is 11.9. The number of anilines is 2. The number of nitrogens with one attached hydrogen (secondary N) is 2. The predicted molar refractivity (Wildman–Crippen MR) is 86.6 cm³/mol. The number of carbonyl (C=O) groups is 1. The van der Waals surface area contributed by atoms with E-state index < -0.39 is 0 Å². The van der Waals surface area contributed by atoms with Crippen molar-refractivity contribution in [3.63, 3.8) is 0 Å². The van der Waals surface area contributed by atoms with Crippen LogP contribution in [0.5, 0.6) is 0 Å². The Morgan fingerprint density at radius 1 is 1.29 bits per heavy atom. The minimum atomic E-state index is -0.148. The van der Waals surface area contributed by atoms with E-state index in [1.54, 1.807) is 30.5 Å². The average Bonchev–Trinajstić information content (AvgIpc) is 2.50. The summed E-state index contributed by atoms with van der Waals surface area (Å²) >= 11 is 12.1. The van der Waals surface area contributed by atoms with E-state index in [4.69, 9.17) is 23.2 Å². The van der Waals surface area contributed by atoms with E-state index in [0.29, 0.717) is 33.5 Å². The number of amides is 1. The number of halogens is 2. The first-order chi connectivity index (χ1) is 10.1. The zero-order valence-corrected chi connectivity index (χ0v) is 13.0. The van der Waals surface area contributed by atoms with Crippen LogP contribution in [0.2, 0.25) is 10.0 Å². The summed E-state index contributed by atoms with van der Waals surface area (Å²) in [6.45, 7) is 2.63. The predicted octanol–water partition coefficient (Wildman–Crippen LogP) is 4.27. The summed E-state index contributed by atoms with van der Waals surface area (Å²) in [5, 5.41) is 6.81. The van der Waals surface area contributed by atoms with Crippen LogP contribution in [-0.4, -0.2) is 17.4 Å². The Balaban J connectivity index is 2.18. The van der Waals surface area contributed by atoms with E-state index in [0.717, 1.165) is 6.42 Å². The van der Waals surface area contributed by atoms with Gasteiger partial charge >= 0.3 is 0 Å². The quantitative estimate of drug-likeness (QED) is 0.863. The number of pyridine rings is 1. The molecule has 0 atom stereocenters. The lowest BCUT2D eigenvalue weighted by molar-refractivity contribution is 0.0953. The van der Waals surface area contributed by atoms with E-state index in [9.17, 15) is 4.79 Å². The summed E-state index contributed by atoms with van der Waals surface area (Å²) in [5.41, 5.74) is 1.83. The zero-order valence-electron chi connectivity index (χ0n) is 11.5. The number of benzene rings is 1. The number of hydrogen-bond acceptors (Lipinski definition) is 3. The highest BCUT2D eigenvalue weighted by atomic mass is 35.5. The van der Waals surface area contributed by atoms with E-state index in [1.165, 1.54) is 6.20 Å². The number of rotatable bonds is 5. The van der Waals surface area contributed by atoms with Gasteiger partial charge < -0.3 is 10.6 Å². The van der Waals surface area contributed by atoms with Crippen molar-refractivity contribution in [2.24, 2.45) is 0 Å². The number of carbonyl (C=O) groups excluding carboxylic acids is 1. The molecule has 0 saturated heterocycles. The topological polar surface area (TPSA) is 54.0 Å². The van der Waals surface area contributed by atoms with E-state index in [1.807, 2.05) is 6.92 Å². The summed E-state index contributed by atoms with van der Waals surface area (Å²) in [5.74, 6) is -0.148. The molecule has 1 amide bonds. The third kappa shape index (κ3) is 4.09. The summed E-state index contributed by atoms with van der Waals surface area (Å²) in [4.78, 5) is 16.0. The lowest BCUT2D eigenvalue weighted by atomic mass is 10.2. The number of nitrogens with zero attached hydrogens (tertiary/aromatic N) is 1. The molecule has 0 unspecified atom stereocenters. The van der Waals surface area contributed by atoms with Gasteiger partial charge in [-0.05, 0) is 24.6 Å². The van der Waals surface area contributed by atoms with Gasteiger partial charge in [-0.25, -0.2) is 0 Å². The zero-order chi connectivity index (χ0) is 15.2. The average molecular weight is 324 g/mol. The molecule has 6 heteroatoms. The smallest absolute Gasteiger partial charge is 0.252 e. The van der Waals surface area contributed by atoms with E-state index in [2.05, 4.69) is 15.6 Å². The third-order valence-corrected chi connectivity index (χ3v) is 3.59. The molecule has 2 N–H and O–H groups in total. The minimum Gasteiger partial charge on any atom is -0.353 e. The Hall–Kier alpha value is -1.78. The second-order valence-electron chi connectivity index (χ2n) is 4.44. The minimum absolute atomic E-state index is 0.148. The molecule has 21 heavy (non-hydrogen) atoms. The first kappa shape index (κ1) is 15.6. The fraction of sp³-hybridized carbons (Fsp3) is 0.200. The highest BCUT2D eigenvalue weighted by Gasteiger charge is 2.08. The fourth-order valence-electron chi connectivity index (χ4n) is 1.73.